The van der Waals surface area contributed by atoms with Gasteiger partial charge in [0.25, 0.3) is 0 Å². The SMILES string of the molecule is CCOc1ccc2c(c1)CC[C@@H]1[C@H]3C/C(=C\c4cnn(C)c4)C(=O)[C@]3(C)CC[C@@H]21. The zero-order chi connectivity index (χ0) is 20.2. The fourth-order valence-electron chi connectivity index (χ4n) is 6.33. The van der Waals surface area contributed by atoms with Gasteiger partial charge in [0.05, 0.1) is 12.8 Å². The number of aromatic nitrogens is 2. The molecule has 2 fully saturated rings. The Morgan fingerprint density at radius 2 is 2.21 bits per heavy atom. The topological polar surface area (TPSA) is 44.1 Å². The van der Waals surface area contributed by atoms with E-state index >= 15 is 0 Å². The van der Waals surface area contributed by atoms with E-state index in [4.69, 9.17) is 4.74 Å². The molecule has 152 valence electrons. The highest BCUT2D eigenvalue weighted by Gasteiger charge is 2.56. The summed E-state index contributed by atoms with van der Waals surface area (Å²) in [7, 11) is 1.92. The van der Waals surface area contributed by atoms with Crippen LogP contribution in [0.2, 0.25) is 0 Å². The van der Waals surface area contributed by atoms with Crippen LogP contribution in [0.3, 0.4) is 0 Å². The number of fused-ring (bicyclic) bond motifs is 5. The van der Waals surface area contributed by atoms with Gasteiger partial charge in [-0.1, -0.05) is 13.0 Å². The maximum atomic E-state index is 13.4. The molecule has 2 saturated carbocycles. The highest BCUT2D eigenvalue weighted by Crippen LogP contribution is 2.60. The average molecular weight is 391 g/mol. The van der Waals surface area contributed by atoms with Gasteiger partial charge in [-0.05, 0) is 91.7 Å². The number of carbonyl (C=O) groups is 1. The number of rotatable bonds is 3. The van der Waals surface area contributed by atoms with Gasteiger partial charge < -0.3 is 4.74 Å². The predicted molar refractivity (Wildman–Crippen MR) is 114 cm³/mol. The number of hydrogen-bond acceptors (Lipinski definition) is 3. The first-order valence-corrected chi connectivity index (χ1v) is 11.0. The van der Waals surface area contributed by atoms with Crippen molar-refractivity contribution >= 4 is 11.9 Å². The maximum Gasteiger partial charge on any atom is 0.165 e. The molecule has 4 atom stereocenters. The second-order valence-corrected chi connectivity index (χ2v) is 9.32. The van der Waals surface area contributed by atoms with Gasteiger partial charge in [0.2, 0.25) is 0 Å². The Labute approximate surface area is 173 Å². The van der Waals surface area contributed by atoms with E-state index in [9.17, 15) is 4.79 Å². The first-order valence-electron chi connectivity index (χ1n) is 11.0. The van der Waals surface area contributed by atoms with Crippen LogP contribution in [0.1, 0.15) is 62.1 Å². The van der Waals surface area contributed by atoms with Crippen LogP contribution in [-0.2, 0) is 18.3 Å². The lowest BCUT2D eigenvalue weighted by Gasteiger charge is -2.48. The van der Waals surface area contributed by atoms with E-state index in [0.717, 1.165) is 42.6 Å². The lowest BCUT2D eigenvalue weighted by Crippen LogP contribution is -2.42. The lowest BCUT2D eigenvalue weighted by atomic mass is 9.55. The molecular weight excluding hydrogens is 360 g/mol. The Morgan fingerprint density at radius 1 is 1.34 bits per heavy atom. The molecule has 4 nitrogen and oxygen atoms in total. The number of hydrogen-bond donors (Lipinski definition) is 0. The van der Waals surface area contributed by atoms with Crippen LogP contribution in [0.25, 0.3) is 6.08 Å². The summed E-state index contributed by atoms with van der Waals surface area (Å²) < 4.78 is 7.52. The molecule has 3 aliphatic carbocycles. The highest BCUT2D eigenvalue weighted by molar-refractivity contribution is 6.05. The number of Topliss-reactive ketones (excluding diaryl/α,β-unsaturated/α-hetero) is 1. The number of allylic oxidation sites excluding steroid dienone is 1. The quantitative estimate of drug-likeness (QED) is 0.698. The van der Waals surface area contributed by atoms with Crippen molar-refractivity contribution in [3.05, 3.63) is 52.9 Å². The van der Waals surface area contributed by atoms with Crippen molar-refractivity contribution < 1.29 is 9.53 Å². The maximum absolute atomic E-state index is 13.4. The molecule has 0 radical (unpaired) electrons. The van der Waals surface area contributed by atoms with Crippen molar-refractivity contribution in [3.63, 3.8) is 0 Å². The van der Waals surface area contributed by atoms with Gasteiger partial charge in [0.15, 0.2) is 5.78 Å². The molecule has 0 amide bonds. The molecule has 0 N–H and O–H groups in total. The fraction of sp³-hybridized carbons (Fsp3) is 0.520. The van der Waals surface area contributed by atoms with Crippen molar-refractivity contribution in [1.82, 2.24) is 9.78 Å². The molecular formula is C25H30N2O2. The minimum absolute atomic E-state index is 0.196. The Morgan fingerprint density at radius 3 is 2.97 bits per heavy atom. The fourth-order valence-corrected chi connectivity index (χ4v) is 6.33. The molecule has 5 rings (SSSR count). The Bertz CT molecular complexity index is 988. The normalized spacial score (nSPS) is 32.0. The first-order chi connectivity index (χ1) is 14.0. The van der Waals surface area contributed by atoms with E-state index in [0.29, 0.717) is 30.1 Å². The molecule has 29 heavy (non-hydrogen) atoms. The van der Waals surface area contributed by atoms with Crippen molar-refractivity contribution in [3.8, 4) is 5.75 Å². The summed E-state index contributed by atoms with van der Waals surface area (Å²) in [5.41, 5.74) is 4.80. The van der Waals surface area contributed by atoms with Crippen LogP contribution >= 0.6 is 0 Å². The van der Waals surface area contributed by atoms with E-state index in [1.165, 1.54) is 17.5 Å². The second kappa shape index (κ2) is 6.86. The van der Waals surface area contributed by atoms with Crippen molar-refractivity contribution in [2.75, 3.05) is 6.61 Å². The molecule has 1 aromatic heterocycles. The number of ether oxygens (including phenoxy) is 1. The van der Waals surface area contributed by atoms with E-state index in [2.05, 4.69) is 36.3 Å². The predicted octanol–water partition coefficient (Wildman–Crippen LogP) is 4.94. The first kappa shape index (κ1) is 18.7. The van der Waals surface area contributed by atoms with Gasteiger partial charge in [-0.3, -0.25) is 9.48 Å². The van der Waals surface area contributed by atoms with Gasteiger partial charge >= 0.3 is 0 Å². The number of benzene rings is 1. The Hall–Kier alpha value is -2.36. The van der Waals surface area contributed by atoms with Crippen LogP contribution in [0, 0.1) is 17.3 Å². The summed E-state index contributed by atoms with van der Waals surface area (Å²) in [4.78, 5) is 13.4. The zero-order valence-corrected chi connectivity index (χ0v) is 17.6. The van der Waals surface area contributed by atoms with E-state index in [1.54, 1.807) is 4.68 Å². The van der Waals surface area contributed by atoms with E-state index in [1.807, 2.05) is 26.4 Å². The van der Waals surface area contributed by atoms with Crippen molar-refractivity contribution in [2.45, 2.75) is 51.9 Å². The molecule has 1 heterocycles. The van der Waals surface area contributed by atoms with Gasteiger partial charge in [0.1, 0.15) is 5.75 Å². The molecule has 0 unspecified atom stereocenters. The van der Waals surface area contributed by atoms with Crippen LogP contribution in [-0.4, -0.2) is 22.2 Å². The summed E-state index contributed by atoms with van der Waals surface area (Å²) in [6.45, 7) is 4.97. The molecule has 0 aliphatic heterocycles. The van der Waals surface area contributed by atoms with Crippen LogP contribution in [0.5, 0.6) is 5.75 Å². The third-order valence-electron chi connectivity index (χ3n) is 7.71. The largest absolute Gasteiger partial charge is 0.494 e. The number of carbonyl (C=O) groups excluding carboxylic acids is 1. The summed E-state index contributed by atoms with van der Waals surface area (Å²) in [6.07, 6.45) is 11.2. The monoisotopic (exact) mass is 390 g/mol. The minimum Gasteiger partial charge on any atom is -0.494 e. The highest BCUT2D eigenvalue weighted by atomic mass is 16.5. The number of aryl methyl sites for hydroxylation is 2. The van der Waals surface area contributed by atoms with Crippen molar-refractivity contribution in [2.24, 2.45) is 24.3 Å². The van der Waals surface area contributed by atoms with Crippen LogP contribution in [0.4, 0.5) is 0 Å². The van der Waals surface area contributed by atoms with Gasteiger partial charge in [-0.2, -0.15) is 5.10 Å². The summed E-state index contributed by atoms with van der Waals surface area (Å²) in [5.74, 6) is 3.00. The molecule has 0 spiro atoms. The smallest absolute Gasteiger partial charge is 0.165 e. The minimum atomic E-state index is -0.196. The van der Waals surface area contributed by atoms with Gasteiger partial charge in [-0.25, -0.2) is 0 Å². The van der Waals surface area contributed by atoms with Gasteiger partial charge in [-0.15, -0.1) is 0 Å². The summed E-state index contributed by atoms with van der Waals surface area (Å²) in [5, 5.41) is 4.25. The standard InChI is InChI=1S/C25H30N2O2/c1-4-29-19-6-8-20-17(12-19)5-7-22-21(20)9-10-25(2)23(22)13-18(24(25)28)11-16-14-26-27(3)15-16/h6,8,11-12,14-15,21-23H,4-5,7,9-10,13H2,1-3H3/b18-11+/t21-,22-,23+,25+/m0/s1. The molecule has 4 heteroatoms. The number of nitrogens with zero attached hydrogens (tertiary/aromatic N) is 2. The third-order valence-corrected chi connectivity index (χ3v) is 7.71. The second-order valence-electron chi connectivity index (χ2n) is 9.32. The van der Waals surface area contributed by atoms with Gasteiger partial charge in [0, 0.05) is 24.2 Å². The zero-order valence-electron chi connectivity index (χ0n) is 17.6. The summed E-state index contributed by atoms with van der Waals surface area (Å²) in [6, 6.07) is 6.67. The Kier molecular flexibility index (Phi) is 4.41. The molecule has 1 aromatic carbocycles. The van der Waals surface area contributed by atoms with Crippen LogP contribution < -0.4 is 4.74 Å². The Balaban J connectivity index is 1.45. The van der Waals surface area contributed by atoms with E-state index < -0.39 is 0 Å². The van der Waals surface area contributed by atoms with Crippen molar-refractivity contribution in [1.29, 1.82) is 0 Å². The number of ketones is 1. The average Bonchev–Trinajstić information content (AvgIpc) is 3.23. The third kappa shape index (κ3) is 2.95. The molecule has 0 bridgehead atoms. The summed E-state index contributed by atoms with van der Waals surface area (Å²) >= 11 is 0. The van der Waals surface area contributed by atoms with E-state index in [-0.39, 0.29) is 5.41 Å². The molecule has 0 saturated heterocycles. The molecule has 2 aromatic rings. The van der Waals surface area contributed by atoms with Crippen LogP contribution in [0.15, 0.2) is 36.2 Å². The molecule has 3 aliphatic rings. The lowest BCUT2D eigenvalue weighted by molar-refractivity contribution is -0.127.